The summed E-state index contributed by atoms with van der Waals surface area (Å²) in [6.45, 7) is 0. The van der Waals surface area contributed by atoms with Gasteiger partial charge < -0.3 is 13.6 Å². The monoisotopic (exact) mass is 260 g/mol. The molecule has 1 rings (SSSR count). The van der Waals surface area contributed by atoms with Crippen molar-refractivity contribution in [3.05, 3.63) is 34.4 Å². The van der Waals surface area contributed by atoms with Crippen molar-refractivity contribution < 1.29 is 18.5 Å². The molecule has 0 fully saturated rings. The topological polar surface area (TPSA) is 83.2 Å². The van der Waals surface area contributed by atoms with E-state index in [0.29, 0.717) is 5.69 Å². The van der Waals surface area contributed by atoms with Gasteiger partial charge in [-0.2, -0.15) is 4.74 Å². The first kappa shape index (κ1) is 13.8. The van der Waals surface area contributed by atoms with E-state index in [1.54, 1.807) is 6.07 Å². The molecule has 0 aliphatic rings. The molecule has 7 nitrogen and oxygen atoms in total. The molecule has 0 amide bonds. The molecule has 0 aromatic heterocycles. The lowest BCUT2D eigenvalue weighted by Gasteiger charge is -2.16. The molecule has 94 valence electrons. The van der Waals surface area contributed by atoms with Gasteiger partial charge in [0.1, 0.15) is 0 Å². The summed E-state index contributed by atoms with van der Waals surface area (Å²) in [4.78, 5) is 10.1. The number of rotatable bonds is 5. The van der Waals surface area contributed by atoms with Crippen LogP contribution < -0.4 is 0 Å². The highest BCUT2D eigenvalue weighted by Crippen LogP contribution is 2.53. The molecular weight excluding hydrogens is 247 g/mol. The first-order valence-electron chi connectivity index (χ1n) is 4.61. The minimum Gasteiger partial charge on any atom is -0.306 e. The van der Waals surface area contributed by atoms with E-state index in [9.17, 15) is 10.1 Å². The molecule has 0 aliphatic heterocycles. The van der Waals surface area contributed by atoms with E-state index in [2.05, 4.69) is 4.74 Å². The Kier molecular flexibility index (Phi) is 4.77. The Bertz CT molecular complexity index is 443. The number of hydrogen-bond acceptors (Lipinski definition) is 6. The maximum absolute atomic E-state index is 10.6. The Labute approximate surface area is 98.8 Å². The van der Waals surface area contributed by atoms with Gasteiger partial charge in [-0.3, -0.25) is 10.1 Å². The van der Waals surface area contributed by atoms with Crippen LogP contribution in [-0.4, -0.2) is 26.3 Å². The van der Waals surface area contributed by atoms with Crippen LogP contribution in [0.4, 0.5) is 11.4 Å². The van der Waals surface area contributed by atoms with Crippen LogP contribution in [0.25, 0.3) is 0 Å². The van der Waals surface area contributed by atoms with Crippen molar-refractivity contribution in [1.82, 2.24) is 0 Å². The molecule has 1 aromatic rings. The van der Waals surface area contributed by atoms with Crippen LogP contribution in [0.1, 0.15) is 0 Å². The van der Waals surface area contributed by atoms with Gasteiger partial charge in [-0.05, 0) is 6.07 Å². The Balaban J connectivity index is 3.20. The Hall–Kier alpha value is -1.27. The molecule has 0 unspecified atom stereocenters. The highest BCUT2D eigenvalue weighted by atomic mass is 31.2. The van der Waals surface area contributed by atoms with Gasteiger partial charge in [0, 0.05) is 33.5 Å². The SMILES string of the molecule is COP(=Nc1cccc([N+](=O)[O-])c1)(OC)OC. The maximum Gasteiger partial charge on any atom is 0.359 e. The van der Waals surface area contributed by atoms with Gasteiger partial charge in [0.25, 0.3) is 5.69 Å². The summed E-state index contributed by atoms with van der Waals surface area (Å²) in [7, 11) is 1.40. The summed E-state index contributed by atoms with van der Waals surface area (Å²) in [6.07, 6.45) is 0. The largest absolute Gasteiger partial charge is 0.359 e. The van der Waals surface area contributed by atoms with E-state index in [1.165, 1.54) is 39.5 Å². The smallest absolute Gasteiger partial charge is 0.306 e. The number of nitro groups is 1. The van der Waals surface area contributed by atoms with Crippen LogP contribution in [0, 0.1) is 10.1 Å². The zero-order valence-corrected chi connectivity index (χ0v) is 10.6. The van der Waals surface area contributed by atoms with Crippen LogP contribution in [0.15, 0.2) is 29.0 Å². The standard InChI is InChI=1S/C9H13N2O5P/c1-14-17(15-2,16-3)10-8-5-4-6-9(7-8)11(12)13/h4-7H,1-3H3. The minimum atomic E-state index is -2.81. The van der Waals surface area contributed by atoms with Gasteiger partial charge in [0.15, 0.2) is 0 Å². The normalized spacial score (nSPS) is 11.2. The Morgan fingerprint density at radius 2 is 1.82 bits per heavy atom. The number of benzene rings is 1. The third-order valence-electron chi connectivity index (χ3n) is 1.97. The van der Waals surface area contributed by atoms with Crippen molar-refractivity contribution >= 4 is 19.1 Å². The van der Waals surface area contributed by atoms with Gasteiger partial charge in [-0.25, -0.2) is 0 Å². The van der Waals surface area contributed by atoms with Gasteiger partial charge in [0.05, 0.1) is 10.6 Å². The average molecular weight is 260 g/mol. The van der Waals surface area contributed by atoms with E-state index in [0.717, 1.165) is 0 Å². The molecular formula is C9H13N2O5P. The van der Waals surface area contributed by atoms with Crippen LogP contribution in [0.5, 0.6) is 0 Å². The summed E-state index contributed by atoms with van der Waals surface area (Å²) in [5.41, 5.74) is 0.325. The van der Waals surface area contributed by atoms with E-state index in [1.807, 2.05) is 0 Å². The fourth-order valence-electron chi connectivity index (χ4n) is 1.16. The summed E-state index contributed by atoms with van der Waals surface area (Å²) < 4.78 is 19.3. The lowest BCUT2D eigenvalue weighted by Crippen LogP contribution is -1.91. The number of non-ortho nitro benzene ring substituents is 1. The van der Waals surface area contributed by atoms with E-state index in [4.69, 9.17) is 13.6 Å². The molecule has 0 heterocycles. The highest BCUT2D eigenvalue weighted by Gasteiger charge is 2.19. The van der Waals surface area contributed by atoms with Crippen molar-refractivity contribution in [3.8, 4) is 0 Å². The van der Waals surface area contributed by atoms with Crippen LogP contribution in [-0.2, 0) is 13.6 Å². The fraction of sp³-hybridized carbons (Fsp3) is 0.333. The Morgan fingerprint density at radius 1 is 1.24 bits per heavy atom. The summed E-state index contributed by atoms with van der Waals surface area (Å²) >= 11 is 0. The quantitative estimate of drug-likeness (QED) is 0.461. The van der Waals surface area contributed by atoms with Gasteiger partial charge in [-0.1, -0.05) is 6.07 Å². The van der Waals surface area contributed by atoms with Crippen molar-refractivity contribution in [2.24, 2.45) is 4.74 Å². The average Bonchev–Trinajstić information content (AvgIpc) is 2.36. The lowest BCUT2D eigenvalue weighted by molar-refractivity contribution is -0.384. The molecule has 0 N–H and O–H groups in total. The molecule has 0 saturated heterocycles. The van der Waals surface area contributed by atoms with Crippen molar-refractivity contribution in [3.63, 3.8) is 0 Å². The molecule has 0 atom stereocenters. The second kappa shape index (κ2) is 5.88. The zero-order valence-electron chi connectivity index (χ0n) is 9.69. The second-order valence-corrected chi connectivity index (χ2v) is 5.13. The first-order chi connectivity index (χ1) is 8.06. The molecule has 0 aliphatic carbocycles. The predicted molar refractivity (Wildman–Crippen MR) is 63.1 cm³/mol. The highest BCUT2D eigenvalue weighted by molar-refractivity contribution is 7.51. The summed E-state index contributed by atoms with van der Waals surface area (Å²) in [6, 6.07) is 5.85. The molecule has 0 radical (unpaired) electrons. The van der Waals surface area contributed by atoms with Gasteiger partial charge in [0.2, 0.25) is 0 Å². The van der Waals surface area contributed by atoms with Crippen molar-refractivity contribution in [1.29, 1.82) is 0 Å². The molecule has 17 heavy (non-hydrogen) atoms. The third-order valence-corrected chi connectivity index (χ3v) is 3.83. The van der Waals surface area contributed by atoms with Crippen LogP contribution >= 0.6 is 7.74 Å². The summed E-state index contributed by atoms with van der Waals surface area (Å²) in [5, 5.41) is 10.6. The fourth-order valence-corrected chi connectivity index (χ4v) is 2.26. The number of nitrogens with zero attached hydrogens (tertiary/aromatic N) is 2. The van der Waals surface area contributed by atoms with Crippen LogP contribution in [0.2, 0.25) is 0 Å². The number of nitro benzene ring substituents is 1. The van der Waals surface area contributed by atoms with E-state index >= 15 is 0 Å². The van der Waals surface area contributed by atoms with E-state index < -0.39 is 12.7 Å². The number of hydrogen-bond donors (Lipinski definition) is 0. The van der Waals surface area contributed by atoms with Gasteiger partial charge in [-0.15, -0.1) is 0 Å². The molecule has 0 spiro atoms. The Morgan fingerprint density at radius 3 is 2.29 bits per heavy atom. The molecule has 0 bridgehead atoms. The third kappa shape index (κ3) is 3.34. The van der Waals surface area contributed by atoms with Crippen molar-refractivity contribution in [2.45, 2.75) is 0 Å². The molecule has 0 saturated carbocycles. The van der Waals surface area contributed by atoms with Gasteiger partial charge >= 0.3 is 7.74 Å². The van der Waals surface area contributed by atoms with Crippen molar-refractivity contribution in [2.75, 3.05) is 21.3 Å². The zero-order chi connectivity index (χ0) is 12.9. The molecule has 1 aromatic carbocycles. The lowest BCUT2D eigenvalue weighted by atomic mass is 10.3. The van der Waals surface area contributed by atoms with Crippen LogP contribution in [0.3, 0.4) is 0 Å². The predicted octanol–water partition coefficient (Wildman–Crippen LogP) is 3.11. The maximum atomic E-state index is 10.6. The second-order valence-electron chi connectivity index (χ2n) is 2.89. The summed E-state index contributed by atoms with van der Waals surface area (Å²) in [5.74, 6) is 0. The minimum absolute atomic E-state index is 0.0485. The van der Waals surface area contributed by atoms with E-state index in [-0.39, 0.29) is 5.69 Å². The molecule has 8 heteroatoms. The first-order valence-corrected chi connectivity index (χ1v) is 6.10.